The van der Waals surface area contributed by atoms with Crippen LogP contribution < -0.4 is 11.1 Å². The van der Waals surface area contributed by atoms with Crippen molar-refractivity contribution in [3.05, 3.63) is 66.4 Å². The molecular formula is C18H16N6O. The number of fused-ring (bicyclic) bond motifs is 3. The predicted octanol–water partition coefficient (Wildman–Crippen LogP) is 1.79. The Kier molecular flexibility index (Phi) is 3.74. The molecule has 4 rings (SSSR count). The second-order valence-corrected chi connectivity index (χ2v) is 5.77. The highest BCUT2D eigenvalue weighted by Crippen LogP contribution is 2.21. The standard InChI is InChI=1S/C18H16N6O/c19-17(25)15(10-12-6-2-1-3-7-12)22-18-21-14-9-5-4-8-13(14)16-11-20-23-24(16)18/h1-9,11,15H,10H2,(H2,19,25)(H,21,22)/t15-/m1/s1. The van der Waals surface area contributed by atoms with Crippen LogP contribution >= 0.6 is 0 Å². The fourth-order valence-corrected chi connectivity index (χ4v) is 2.85. The van der Waals surface area contributed by atoms with Crippen molar-refractivity contribution in [2.75, 3.05) is 5.32 Å². The Balaban J connectivity index is 1.74. The van der Waals surface area contributed by atoms with E-state index in [2.05, 4.69) is 20.6 Å². The molecule has 0 unspecified atom stereocenters. The summed E-state index contributed by atoms with van der Waals surface area (Å²) in [6.45, 7) is 0. The molecule has 0 saturated heterocycles. The quantitative estimate of drug-likeness (QED) is 0.580. The van der Waals surface area contributed by atoms with Gasteiger partial charge in [0.1, 0.15) is 6.04 Å². The fraction of sp³-hybridized carbons (Fsp3) is 0.111. The minimum atomic E-state index is -0.608. The van der Waals surface area contributed by atoms with Crippen molar-refractivity contribution in [3.8, 4) is 0 Å². The van der Waals surface area contributed by atoms with Gasteiger partial charge in [-0.1, -0.05) is 53.7 Å². The number of nitrogens with zero attached hydrogens (tertiary/aromatic N) is 4. The van der Waals surface area contributed by atoms with Gasteiger partial charge in [0, 0.05) is 11.8 Å². The second kappa shape index (κ2) is 6.20. The minimum absolute atomic E-state index is 0.436. The minimum Gasteiger partial charge on any atom is -0.368 e. The van der Waals surface area contributed by atoms with E-state index in [1.807, 2.05) is 54.6 Å². The third-order valence-corrected chi connectivity index (χ3v) is 4.09. The molecule has 1 amide bonds. The number of aromatic nitrogens is 4. The second-order valence-electron chi connectivity index (χ2n) is 5.77. The van der Waals surface area contributed by atoms with Crippen LogP contribution in [0.2, 0.25) is 0 Å². The molecule has 2 aromatic carbocycles. The summed E-state index contributed by atoms with van der Waals surface area (Å²) in [6.07, 6.45) is 2.13. The predicted molar refractivity (Wildman–Crippen MR) is 95.0 cm³/mol. The summed E-state index contributed by atoms with van der Waals surface area (Å²) in [4.78, 5) is 16.5. The van der Waals surface area contributed by atoms with Crippen LogP contribution in [0.25, 0.3) is 16.4 Å². The van der Waals surface area contributed by atoms with Gasteiger partial charge in [0.25, 0.3) is 0 Å². The highest BCUT2D eigenvalue weighted by atomic mass is 16.1. The van der Waals surface area contributed by atoms with Gasteiger partial charge in [-0.25, -0.2) is 4.98 Å². The normalized spacial score (nSPS) is 12.3. The molecule has 0 aliphatic heterocycles. The zero-order chi connectivity index (χ0) is 17.2. The molecular weight excluding hydrogens is 316 g/mol. The average Bonchev–Trinajstić information content (AvgIpc) is 3.12. The first-order valence-corrected chi connectivity index (χ1v) is 7.91. The number of rotatable bonds is 5. The van der Waals surface area contributed by atoms with Crippen LogP contribution in [-0.4, -0.2) is 31.8 Å². The molecule has 25 heavy (non-hydrogen) atoms. The number of hydrogen-bond acceptors (Lipinski definition) is 5. The van der Waals surface area contributed by atoms with Gasteiger partial charge in [-0.3, -0.25) is 4.79 Å². The Morgan fingerprint density at radius 1 is 1.12 bits per heavy atom. The summed E-state index contributed by atoms with van der Waals surface area (Å²) in [6, 6.07) is 16.8. The van der Waals surface area contributed by atoms with Crippen LogP contribution in [0.3, 0.4) is 0 Å². The van der Waals surface area contributed by atoms with E-state index in [0.717, 1.165) is 22.0 Å². The Hall–Kier alpha value is -3.48. The van der Waals surface area contributed by atoms with E-state index in [4.69, 9.17) is 5.73 Å². The Morgan fingerprint density at radius 2 is 1.88 bits per heavy atom. The largest absolute Gasteiger partial charge is 0.368 e. The zero-order valence-electron chi connectivity index (χ0n) is 13.3. The Bertz CT molecular complexity index is 1040. The number of nitrogens with one attached hydrogen (secondary N) is 1. The van der Waals surface area contributed by atoms with E-state index < -0.39 is 11.9 Å². The van der Waals surface area contributed by atoms with Crippen molar-refractivity contribution in [2.45, 2.75) is 12.5 Å². The summed E-state index contributed by atoms with van der Waals surface area (Å²) in [5.74, 6) is -0.0157. The molecule has 7 nitrogen and oxygen atoms in total. The van der Waals surface area contributed by atoms with Crippen LogP contribution in [0, 0.1) is 0 Å². The fourth-order valence-electron chi connectivity index (χ4n) is 2.85. The van der Waals surface area contributed by atoms with Gasteiger partial charge in [-0.2, -0.15) is 4.52 Å². The summed E-state index contributed by atoms with van der Waals surface area (Å²) in [5, 5.41) is 12.1. The van der Waals surface area contributed by atoms with Crippen molar-refractivity contribution >= 4 is 28.3 Å². The summed E-state index contributed by atoms with van der Waals surface area (Å²) < 4.78 is 1.59. The maximum atomic E-state index is 11.9. The Labute approximate surface area is 143 Å². The third-order valence-electron chi connectivity index (χ3n) is 4.09. The van der Waals surface area contributed by atoms with Crippen molar-refractivity contribution in [2.24, 2.45) is 5.73 Å². The number of para-hydroxylation sites is 1. The number of carbonyl (C=O) groups excluding carboxylic acids is 1. The van der Waals surface area contributed by atoms with Crippen LogP contribution in [0.15, 0.2) is 60.8 Å². The molecule has 0 radical (unpaired) electrons. The molecule has 1 atom stereocenters. The van der Waals surface area contributed by atoms with Gasteiger partial charge in [0.05, 0.1) is 17.2 Å². The highest BCUT2D eigenvalue weighted by Gasteiger charge is 2.19. The van der Waals surface area contributed by atoms with Crippen LogP contribution in [0.5, 0.6) is 0 Å². The topological polar surface area (TPSA) is 98.2 Å². The highest BCUT2D eigenvalue weighted by molar-refractivity contribution is 5.94. The van der Waals surface area contributed by atoms with Crippen molar-refractivity contribution in [3.63, 3.8) is 0 Å². The van der Waals surface area contributed by atoms with E-state index in [1.54, 1.807) is 10.7 Å². The SMILES string of the molecule is NC(=O)[C@@H](Cc1ccccc1)Nc1nc2ccccc2c2cnnn12. The molecule has 7 heteroatoms. The molecule has 4 aromatic rings. The Morgan fingerprint density at radius 3 is 2.68 bits per heavy atom. The number of carbonyl (C=O) groups is 1. The zero-order valence-corrected chi connectivity index (χ0v) is 13.3. The number of primary amides is 1. The monoisotopic (exact) mass is 332 g/mol. The van der Waals surface area contributed by atoms with Gasteiger partial charge in [0.15, 0.2) is 0 Å². The van der Waals surface area contributed by atoms with E-state index in [9.17, 15) is 4.79 Å². The van der Waals surface area contributed by atoms with E-state index in [-0.39, 0.29) is 0 Å². The number of amides is 1. The van der Waals surface area contributed by atoms with E-state index in [1.165, 1.54) is 0 Å². The van der Waals surface area contributed by atoms with Crippen LogP contribution in [-0.2, 0) is 11.2 Å². The molecule has 0 bridgehead atoms. The summed E-state index contributed by atoms with van der Waals surface area (Å²) >= 11 is 0. The van der Waals surface area contributed by atoms with Gasteiger partial charge < -0.3 is 11.1 Å². The van der Waals surface area contributed by atoms with Gasteiger partial charge >= 0.3 is 0 Å². The van der Waals surface area contributed by atoms with Gasteiger partial charge in [-0.15, -0.1) is 5.10 Å². The molecule has 0 fully saturated rings. The molecule has 0 saturated carbocycles. The summed E-state index contributed by atoms with van der Waals surface area (Å²) in [7, 11) is 0. The molecule has 124 valence electrons. The maximum absolute atomic E-state index is 11.9. The van der Waals surface area contributed by atoms with Crippen molar-refractivity contribution < 1.29 is 4.79 Å². The third kappa shape index (κ3) is 2.87. The smallest absolute Gasteiger partial charge is 0.240 e. The maximum Gasteiger partial charge on any atom is 0.240 e. The lowest BCUT2D eigenvalue weighted by atomic mass is 10.1. The number of benzene rings is 2. The van der Waals surface area contributed by atoms with E-state index in [0.29, 0.717) is 12.4 Å². The lowest BCUT2D eigenvalue weighted by molar-refractivity contribution is -0.118. The number of hydrogen-bond donors (Lipinski definition) is 2. The molecule has 3 N–H and O–H groups in total. The van der Waals surface area contributed by atoms with Crippen LogP contribution in [0.1, 0.15) is 5.56 Å². The molecule has 2 heterocycles. The van der Waals surface area contributed by atoms with Gasteiger partial charge in [-0.05, 0) is 11.6 Å². The molecule has 0 spiro atoms. The first-order valence-electron chi connectivity index (χ1n) is 7.91. The summed E-state index contributed by atoms with van der Waals surface area (Å²) in [5.41, 5.74) is 8.21. The molecule has 0 aliphatic rings. The van der Waals surface area contributed by atoms with Gasteiger partial charge in [0.2, 0.25) is 11.9 Å². The van der Waals surface area contributed by atoms with E-state index >= 15 is 0 Å². The molecule has 0 aliphatic carbocycles. The lowest BCUT2D eigenvalue weighted by Gasteiger charge is -2.17. The first kappa shape index (κ1) is 15.1. The number of anilines is 1. The lowest BCUT2D eigenvalue weighted by Crippen LogP contribution is -2.38. The van der Waals surface area contributed by atoms with Crippen molar-refractivity contribution in [1.29, 1.82) is 0 Å². The average molecular weight is 332 g/mol. The van der Waals surface area contributed by atoms with Crippen LogP contribution in [0.4, 0.5) is 5.95 Å². The first-order chi connectivity index (χ1) is 12.2. The number of nitrogens with two attached hydrogens (primary N) is 1. The molecule has 2 aromatic heterocycles. The van der Waals surface area contributed by atoms with Crippen molar-refractivity contribution in [1.82, 2.24) is 19.8 Å².